The summed E-state index contributed by atoms with van der Waals surface area (Å²) in [6, 6.07) is 10.4. The Morgan fingerprint density at radius 2 is 1.70 bits per heavy atom. The number of aromatic nitrogens is 2. The Bertz CT molecular complexity index is 589. The van der Waals surface area contributed by atoms with Crippen LogP contribution in [0.2, 0.25) is 0 Å². The molecule has 4 heteroatoms. The first-order chi connectivity index (χ1) is 9.38. The number of nitrogens with zero attached hydrogens (tertiary/aromatic N) is 2. The maximum atomic E-state index is 5.99. The molecule has 2 rings (SSSR count). The summed E-state index contributed by atoms with van der Waals surface area (Å²) >= 11 is 3.50. The number of benzene rings is 1. The van der Waals surface area contributed by atoms with E-state index < -0.39 is 0 Å². The van der Waals surface area contributed by atoms with Gasteiger partial charge in [-0.05, 0) is 27.9 Å². The molecule has 3 nitrogen and oxygen atoms in total. The zero-order chi connectivity index (χ0) is 14.8. The molecule has 0 aliphatic carbocycles. The summed E-state index contributed by atoms with van der Waals surface area (Å²) in [4.78, 5) is 9.06. The standard InChI is InChI=1S/C16H20BrN3/c1-16(2,3)14-13(17)15(18)20-12(19-14)10-9-11-7-5-4-6-8-11/h4-8H,9-10H2,1-3H3,(H2,18,19,20). The molecule has 1 heterocycles. The van der Waals surface area contributed by atoms with Crippen LogP contribution in [0.4, 0.5) is 5.82 Å². The molecule has 0 saturated heterocycles. The van der Waals surface area contributed by atoms with E-state index in [0.717, 1.165) is 28.8 Å². The predicted octanol–water partition coefficient (Wildman–Crippen LogP) is 3.90. The molecule has 0 saturated carbocycles. The molecular formula is C16H20BrN3. The van der Waals surface area contributed by atoms with Crippen molar-refractivity contribution in [2.75, 3.05) is 5.73 Å². The monoisotopic (exact) mass is 333 g/mol. The molecule has 1 aromatic carbocycles. The van der Waals surface area contributed by atoms with Crippen molar-refractivity contribution in [2.45, 2.75) is 39.0 Å². The molecule has 0 aliphatic rings. The molecule has 1 aromatic heterocycles. The highest BCUT2D eigenvalue weighted by atomic mass is 79.9. The third-order valence-electron chi connectivity index (χ3n) is 3.11. The van der Waals surface area contributed by atoms with Crippen molar-refractivity contribution in [3.63, 3.8) is 0 Å². The molecule has 2 N–H and O–H groups in total. The van der Waals surface area contributed by atoms with Gasteiger partial charge in [-0.15, -0.1) is 0 Å². The van der Waals surface area contributed by atoms with Crippen LogP contribution in [0, 0.1) is 0 Å². The lowest BCUT2D eigenvalue weighted by atomic mass is 9.92. The predicted molar refractivity (Wildman–Crippen MR) is 86.7 cm³/mol. The van der Waals surface area contributed by atoms with E-state index >= 15 is 0 Å². The van der Waals surface area contributed by atoms with Gasteiger partial charge in [-0.1, -0.05) is 51.1 Å². The van der Waals surface area contributed by atoms with Crippen molar-refractivity contribution in [3.05, 3.63) is 51.9 Å². The van der Waals surface area contributed by atoms with Crippen molar-refractivity contribution in [1.82, 2.24) is 9.97 Å². The molecule has 0 aliphatic heterocycles. The lowest BCUT2D eigenvalue weighted by Crippen LogP contribution is -2.18. The maximum absolute atomic E-state index is 5.99. The smallest absolute Gasteiger partial charge is 0.141 e. The van der Waals surface area contributed by atoms with Gasteiger partial charge < -0.3 is 5.73 Å². The van der Waals surface area contributed by atoms with Gasteiger partial charge in [0.25, 0.3) is 0 Å². The van der Waals surface area contributed by atoms with E-state index in [9.17, 15) is 0 Å². The van der Waals surface area contributed by atoms with E-state index in [0.29, 0.717) is 5.82 Å². The van der Waals surface area contributed by atoms with Crippen molar-refractivity contribution in [3.8, 4) is 0 Å². The molecule has 0 radical (unpaired) electrons. The number of rotatable bonds is 3. The minimum absolute atomic E-state index is 0.0581. The van der Waals surface area contributed by atoms with Crippen LogP contribution in [0.1, 0.15) is 37.9 Å². The van der Waals surface area contributed by atoms with Gasteiger partial charge in [0.05, 0.1) is 10.2 Å². The molecule has 2 aromatic rings. The van der Waals surface area contributed by atoms with Gasteiger partial charge in [0, 0.05) is 11.8 Å². The third-order valence-corrected chi connectivity index (χ3v) is 3.90. The van der Waals surface area contributed by atoms with Gasteiger partial charge >= 0.3 is 0 Å². The summed E-state index contributed by atoms with van der Waals surface area (Å²) in [5.74, 6) is 1.33. The zero-order valence-electron chi connectivity index (χ0n) is 12.2. The first-order valence-corrected chi connectivity index (χ1v) is 7.53. The maximum Gasteiger partial charge on any atom is 0.141 e. The number of halogens is 1. The second-order valence-electron chi connectivity index (χ2n) is 5.92. The van der Waals surface area contributed by atoms with Crippen molar-refractivity contribution in [1.29, 1.82) is 0 Å². The summed E-state index contributed by atoms with van der Waals surface area (Å²) in [6.45, 7) is 6.38. The molecule has 0 unspecified atom stereocenters. The minimum atomic E-state index is -0.0581. The van der Waals surface area contributed by atoms with Crippen LogP contribution in [0.25, 0.3) is 0 Å². The Hall–Kier alpha value is -1.42. The summed E-state index contributed by atoms with van der Waals surface area (Å²) in [6.07, 6.45) is 1.72. The lowest BCUT2D eigenvalue weighted by Gasteiger charge is -2.20. The fourth-order valence-corrected chi connectivity index (χ4v) is 2.79. The molecule has 20 heavy (non-hydrogen) atoms. The first-order valence-electron chi connectivity index (χ1n) is 6.74. The second-order valence-corrected chi connectivity index (χ2v) is 6.72. The fraction of sp³-hybridized carbons (Fsp3) is 0.375. The number of hydrogen-bond acceptors (Lipinski definition) is 3. The fourth-order valence-electron chi connectivity index (χ4n) is 2.02. The van der Waals surface area contributed by atoms with Gasteiger partial charge in [0.2, 0.25) is 0 Å². The van der Waals surface area contributed by atoms with Crippen LogP contribution >= 0.6 is 15.9 Å². The zero-order valence-corrected chi connectivity index (χ0v) is 13.7. The van der Waals surface area contributed by atoms with Crippen LogP contribution in [0.5, 0.6) is 0 Å². The Labute approximate surface area is 128 Å². The number of anilines is 1. The Morgan fingerprint density at radius 1 is 1.05 bits per heavy atom. The van der Waals surface area contributed by atoms with Crippen LogP contribution < -0.4 is 5.73 Å². The average Bonchev–Trinajstić information content (AvgIpc) is 2.40. The highest BCUT2D eigenvalue weighted by Gasteiger charge is 2.22. The van der Waals surface area contributed by atoms with Crippen molar-refractivity contribution in [2.24, 2.45) is 0 Å². The SMILES string of the molecule is CC(C)(C)c1nc(CCc2ccccc2)nc(N)c1Br. The second kappa shape index (κ2) is 5.92. The minimum Gasteiger partial charge on any atom is -0.383 e. The quantitative estimate of drug-likeness (QED) is 0.926. The molecular weight excluding hydrogens is 314 g/mol. The van der Waals surface area contributed by atoms with E-state index in [-0.39, 0.29) is 5.41 Å². The van der Waals surface area contributed by atoms with Gasteiger partial charge in [-0.2, -0.15) is 0 Å². The summed E-state index contributed by atoms with van der Waals surface area (Å²) in [7, 11) is 0. The number of nitrogens with two attached hydrogens (primary N) is 1. The molecule has 0 bridgehead atoms. The summed E-state index contributed by atoms with van der Waals surface area (Å²) in [5, 5.41) is 0. The van der Waals surface area contributed by atoms with E-state index in [1.165, 1.54) is 5.56 Å². The van der Waals surface area contributed by atoms with Crippen LogP contribution in [0.3, 0.4) is 0 Å². The van der Waals surface area contributed by atoms with Gasteiger partial charge in [0.15, 0.2) is 0 Å². The molecule has 0 atom stereocenters. The number of nitrogen functional groups attached to an aromatic ring is 1. The van der Waals surface area contributed by atoms with Crippen LogP contribution in [-0.2, 0) is 18.3 Å². The molecule has 0 spiro atoms. The van der Waals surface area contributed by atoms with Crippen LogP contribution in [-0.4, -0.2) is 9.97 Å². The molecule has 0 fully saturated rings. The Morgan fingerprint density at radius 3 is 2.30 bits per heavy atom. The van der Waals surface area contributed by atoms with Crippen molar-refractivity contribution >= 4 is 21.7 Å². The lowest BCUT2D eigenvalue weighted by molar-refractivity contribution is 0.558. The van der Waals surface area contributed by atoms with E-state index in [2.05, 4.69) is 58.8 Å². The van der Waals surface area contributed by atoms with E-state index in [1.807, 2.05) is 18.2 Å². The van der Waals surface area contributed by atoms with Crippen molar-refractivity contribution < 1.29 is 0 Å². The Kier molecular flexibility index (Phi) is 4.43. The molecule has 106 valence electrons. The first kappa shape index (κ1) is 15.0. The highest BCUT2D eigenvalue weighted by Crippen LogP contribution is 2.31. The van der Waals surface area contributed by atoms with Gasteiger partial charge in [0.1, 0.15) is 11.6 Å². The summed E-state index contributed by atoms with van der Waals surface area (Å²) in [5.41, 5.74) is 8.18. The highest BCUT2D eigenvalue weighted by molar-refractivity contribution is 9.10. The van der Waals surface area contributed by atoms with Gasteiger partial charge in [-0.3, -0.25) is 0 Å². The number of aryl methyl sites for hydroxylation is 2. The molecule has 0 amide bonds. The number of hydrogen-bond donors (Lipinski definition) is 1. The van der Waals surface area contributed by atoms with E-state index in [4.69, 9.17) is 5.73 Å². The summed E-state index contributed by atoms with van der Waals surface area (Å²) < 4.78 is 0.813. The largest absolute Gasteiger partial charge is 0.383 e. The van der Waals surface area contributed by atoms with Gasteiger partial charge in [-0.25, -0.2) is 9.97 Å². The normalized spacial score (nSPS) is 11.6. The van der Waals surface area contributed by atoms with Crippen LogP contribution in [0.15, 0.2) is 34.8 Å². The Balaban J connectivity index is 2.23. The topological polar surface area (TPSA) is 51.8 Å². The van der Waals surface area contributed by atoms with E-state index in [1.54, 1.807) is 0 Å². The third kappa shape index (κ3) is 3.57. The average molecular weight is 334 g/mol.